The number of phenols is 1. The van der Waals surface area contributed by atoms with Gasteiger partial charge in [-0.25, -0.2) is 0 Å². The summed E-state index contributed by atoms with van der Waals surface area (Å²) in [5.41, 5.74) is 7.06. The van der Waals surface area contributed by atoms with Crippen molar-refractivity contribution in [3.8, 4) is 5.75 Å². The lowest BCUT2D eigenvalue weighted by atomic mass is 10.0. The molecule has 0 heterocycles. The number of benzene rings is 1. The van der Waals surface area contributed by atoms with Crippen LogP contribution in [0.15, 0.2) is 36.9 Å². The van der Waals surface area contributed by atoms with Gasteiger partial charge in [0, 0.05) is 12.6 Å². The molecule has 1 aliphatic carbocycles. The molecule has 0 aromatic heterocycles. The molecule has 1 atom stereocenters. The Morgan fingerprint density at radius 2 is 2.00 bits per heavy atom. The van der Waals surface area contributed by atoms with E-state index in [2.05, 4.69) is 6.58 Å². The fourth-order valence-corrected chi connectivity index (χ4v) is 2.96. The monoisotopic (exact) mass is 288 g/mol. The summed E-state index contributed by atoms with van der Waals surface area (Å²) < 4.78 is 0. The third-order valence-corrected chi connectivity index (χ3v) is 4.08. The Kier molecular flexibility index (Phi) is 5.39. The second kappa shape index (κ2) is 7.27. The van der Waals surface area contributed by atoms with Crippen LogP contribution in [0.1, 0.15) is 31.2 Å². The van der Waals surface area contributed by atoms with Crippen LogP contribution in [-0.2, 0) is 11.2 Å². The molecule has 1 aliphatic rings. The number of rotatable bonds is 6. The summed E-state index contributed by atoms with van der Waals surface area (Å²) in [5, 5.41) is 9.28. The average molecular weight is 288 g/mol. The van der Waals surface area contributed by atoms with Gasteiger partial charge in [0.1, 0.15) is 5.75 Å². The van der Waals surface area contributed by atoms with Crippen molar-refractivity contribution in [2.75, 3.05) is 6.54 Å². The van der Waals surface area contributed by atoms with E-state index in [1.54, 1.807) is 30.3 Å². The molecule has 3 N–H and O–H groups in total. The van der Waals surface area contributed by atoms with Crippen LogP contribution in [0.25, 0.3) is 0 Å². The molecule has 1 amide bonds. The van der Waals surface area contributed by atoms with Crippen molar-refractivity contribution < 1.29 is 9.90 Å². The topological polar surface area (TPSA) is 66.6 Å². The van der Waals surface area contributed by atoms with Crippen molar-refractivity contribution in [2.24, 2.45) is 5.73 Å². The van der Waals surface area contributed by atoms with E-state index in [-0.39, 0.29) is 11.7 Å². The zero-order valence-corrected chi connectivity index (χ0v) is 12.4. The molecule has 0 unspecified atom stereocenters. The highest BCUT2D eigenvalue weighted by atomic mass is 16.3. The predicted molar refractivity (Wildman–Crippen MR) is 84.0 cm³/mol. The van der Waals surface area contributed by atoms with E-state index < -0.39 is 6.04 Å². The Bertz CT molecular complexity index is 478. The van der Waals surface area contributed by atoms with E-state index >= 15 is 0 Å². The van der Waals surface area contributed by atoms with E-state index in [9.17, 15) is 9.90 Å². The number of amides is 1. The minimum atomic E-state index is -0.546. The molecular weight excluding hydrogens is 264 g/mol. The van der Waals surface area contributed by atoms with Gasteiger partial charge in [-0.3, -0.25) is 4.79 Å². The quantitative estimate of drug-likeness (QED) is 0.789. The first-order chi connectivity index (χ1) is 10.1. The number of aromatic hydroxyl groups is 1. The summed E-state index contributed by atoms with van der Waals surface area (Å²) in [6, 6.07) is 6.60. The van der Waals surface area contributed by atoms with Crippen LogP contribution in [0.3, 0.4) is 0 Å². The second-order valence-electron chi connectivity index (χ2n) is 5.69. The lowest BCUT2D eigenvalue weighted by Crippen LogP contribution is -2.48. The molecule has 0 spiro atoms. The van der Waals surface area contributed by atoms with Gasteiger partial charge in [0.2, 0.25) is 5.91 Å². The molecule has 1 saturated carbocycles. The normalized spacial score (nSPS) is 16.6. The molecule has 114 valence electrons. The van der Waals surface area contributed by atoms with Gasteiger partial charge in [-0.05, 0) is 37.0 Å². The van der Waals surface area contributed by atoms with Crippen molar-refractivity contribution in [1.29, 1.82) is 0 Å². The molecule has 0 bridgehead atoms. The van der Waals surface area contributed by atoms with Gasteiger partial charge in [-0.2, -0.15) is 0 Å². The van der Waals surface area contributed by atoms with Gasteiger partial charge in [0.25, 0.3) is 0 Å². The molecule has 21 heavy (non-hydrogen) atoms. The van der Waals surface area contributed by atoms with Gasteiger partial charge in [0.05, 0.1) is 6.04 Å². The molecule has 0 saturated heterocycles. The van der Waals surface area contributed by atoms with Crippen LogP contribution >= 0.6 is 0 Å². The first-order valence-electron chi connectivity index (χ1n) is 7.56. The molecule has 2 rings (SSSR count). The number of hydrogen-bond acceptors (Lipinski definition) is 3. The highest BCUT2D eigenvalue weighted by Crippen LogP contribution is 2.24. The number of hydrogen-bond donors (Lipinski definition) is 2. The van der Waals surface area contributed by atoms with Crippen LogP contribution in [-0.4, -0.2) is 34.5 Å². The summed E-state index contributed by atoms with van der Waals surface area (Å²) in [4.78, 5) is 14.5. The van der Waals surface area contributed by atoms with E-state index in [0.717, 1.165) is 18.4 Å². The summed E-state index contributed by atoms with van der Waals surface area (Å²) in [5.74, 6) is 0.216. The SMILES string of the molecule is C=CCN(C(=O)[C@H](N)Cc1ccc(O)cc1)C1CCCC1. The second-order valence-corrected chi connectivity index (χ2v) is 5.69. The van der Waals surface area contributed by atoms with Crippen LogP contribution in [0.4, 0.5) is 0 Å². The minimum Gasteiger partial charge on any atom is -0.508 e. The van der Waals surface area contributed by atoms with E-state index in [0.29, 0.717) is 19.0 Å². The van der Waals surface area contributed by atoms with Crippen LogP contribution in [0, 0.1) is 0 Å². The predicted octanol–water partition coefficient (Wildman–Crippen LogP) is 2.22. The Balaban J connectivity index is 2.01. The van der Waals surface area contributed by atoms with Gasteiger partial charge in [0.15, 0.2) is 0 Å². The zero-order chi connectivity index (χ0) is 15.2. The van der Waals surface area contributed by atoms with E-state index in [1.165, 1.54) is 12.8 Å². The Morgan fingerprint density at radius 3 is 2.57 bits per heavy atom. The van der Waals surface area contributed by atoms with Crippen molar-refractivity contribution in [3.63, 3.8) is 0 Å². The number of nitrogens with zero attached hydrogens (tertiary/aromatic N) is 1. The molecule has 1 aromatic rings. The molecule has 0 radical (unpaired) electrons. The minimum absolute atomic E-state index is 0.00475. The maximum absolute atomic E-state index is 12.6. The number of carbonyl (C=O) groups excluding carboxylic acids is 1. The fourth-order valence-electron chi connectivity index (χ4n) is 2.96. The van der Waals surface area contributed by atoms with Crippen LogP contribution in [0.2, 0.25) is 0 Å². The van der Waals surface area contributed by atoms with Crippen molar-refractivity contribution in [2.45, 2.75) is 44.2 Å². The average Bonchev–Trinajstić information content (AvgIpc) is 3.00. The lowest BCUT2D eigenvalue weighted by Gasteiger charge is -2.30. The molecule has 1 aromatic carbocycles. The van der Waals surface area contributed by atoms with Crippen LogP contribution in [0.5, 0.6) is 5.75 Å². The number of carbonyl (C=O) groups is 1. The van der Waals surface area contributed by atoms with E-state index in [4.69, 9.17) is 5.73 Å². The molecule has 1 fully saturated rings. The van der Waals surface area contributed by atoms with E-state index in [1.807, 2.05) is 4.90 Å². The standard InChI is InChI=1S/C17H24N2O2/c1-2-11-19(14-5-3-4-6-14)17(21)16(18)12-13-7-9-15(20)10-8-13/h2,7-10,14,16,20H,1,3-6,11-12,18H2/t16-/m1/s1. The maximum atomic E-state index is 12.6. The van der Waals surface area contributed by atoms with Gasteiger partial charge in [-0.15, -0.1) is 6.58 Å². The van der Waals surface area contributed by atoms with Crippen molar-refractivity contribution >= 4 is 5.91 Å². The Morgan fingerprint density at radius 1 is 1.38 bits per heavy atom. The Hall–Kier alpha value is -1.81. The molecule has 4 nitrogen and oxygen atoms in total. The zero-order valence-electron chi connectivity index (χ0n) is 12.4. The van der Waals surface area contributed by atoms with Crippen molar-refractivity contribution in [3.05, 3.63) is 42.5 Å². The number of phenolic OH excluding ortho intramolecular Hbond substituents is 1. The van der Waals surface area contributed by atoms with Gasteiger partial charge < -0.3 is 15.7 Å². The van der Waals surface area contributed by atoms with Crippen LogP contribution < -0.4 is 5.73 Å². The highest BCUT2D eigenvalue weighted by molar-refractivity contribution is 5.82. The number of nitrogens with two attached hydrogens (primary N) is 1. The van der Waals surface area contributed by atoms with Gasteiger partial charge >= 0.3 is 0 Å². The fraction of sp³-hybridized carbons (Fsp3) is 0.471. The third kappa shape index (κ3) is 4.08. The summed E-state index contributed by atoms with van der Waals surface area (Å²) in [6.07, 6.45) is 6.73. The largest absolute Gasteiger partial charge is 0.508 e. The highest BCUT2D eigenvalue weighted by Gasteiger charge is 2.28. The summed E-state index contributed by atoms with van der Waals surface area (Å²) in [6.45, 7) is 4.31. The first kappa shape index (κ1) is 15.6. The smallest absolute Gasteiger partial charge is 0.240 e. The molecular formula is C17H24N2O2. The maximum Gasteiger partial charge on any atom is 0.240 e. The molecule has 0 aliphatic heterocycles. The Labute approximate surface area is 126 Å². The van der Waals surface area contributed by atoms with Gasteiger partial charge in [-0.1, -0.05) is 31.1 Å². The lowest BCUT2D eigenvalue weighted by molar-refractivity contribution is -0.134. The summed E-state index contributed by atoms with van der Waals surface area (Å²) >= 11 is 0. The summed E-state index contributed by atoms with van der Waals surface area (Å²) in [7, 11) is 0. The third-order valence-electron chi connectivity index (χ3n) is 4.08. The first-order valence-corrected chi connectivity index (χ1v) is 7.56. The molecule has 4 heteroatoms. The van der Waals surface area contributed by atoms with Crippen molar-refractivity contribution in [1.82, 2.24) is 4.90 Å².